The molecule has 190 valence electrons. The number of fused-ring (bicyclic) bond motifs is 1. The van der Waals surface area contributed by atoms with Crippen LogP contribution in [0.5, 0.6) is 5.75 Å². The van der Waals surface area contributed by atoms with E-state index in [-0.39, 0.29) is 25.0 Å². The van der Waals surface area contributed by atoms with Gasteiger partial charge >= 0.3 is 6.09 Å². The van der Waals surface area contributed by atoms with Crippen LogP contribution >= 0.6 is 0 Å². The number of ether oxygens (including phenoxy) is 1. The molecule has 1 atom stereocenters. The molecule has 0 bridgehead atoms. The molecule has 3 aromatic carbocycles. The van der Waals surface area contributed by atoms with Gasteiger partial charge in [-0.25, -0.2) is 14.8 Å². The van der Waals surface area contributed by atoms with Crippen LogP contribution < -0.4 is 4.90 Å². The minimum absolute atomic E-state index is 0.101. The number of para-hydroxylation sites is 1. The van der Waals surface area contributed by atoms with Crippen molar-refractivity contribution in [2.24, 2.45) is 0 Å². The van der Waals surface area contributed by atoms with E-state index in [0.717, 1.165) is 28.5 Å². The molecule has 8 heteroatoms. The number of phenols is 1. The van der Waals surface area contributed by atoms with Crippen LogP contribution in [0.2, 0.25) is 0 Å². The summed E-state index contributed by atoms with van der Waals surface area (Å²) < 4.78 is 5.52. The highest BCUT2D eigenvalue weighted by Crippen LogP contribution is 2.33. The first kappa shape index (κ1) is 24.5. The number of aryl methyl sites for hydroxylation is 1. The Kier molecular flexibility index (Phi) is 7.18. The van der Waals surface area contributed by atoms with Crippen LogP contribution in [0, 0.1) is 0 Å². The van der Waals surface area contributed by atoms with E-state index in [4.69, 9.17) is 14.7 Å². The van der Waals surface area contributed by atoms with E-state index in [9.17, 15) is 15.0 Å². The molecule has 2 heterocycles. The second kappa shape index (κ2) is 10.8. The standard InChI is InChI=1S/C29H30N4O4/c1-2-20-12-13-23-25(16-20)30-27(24-10-6-7-11-26(24)35)31-28(23)33-15-14-32(17-22(33)18-34)29(36)37-19-21-8-4-3-5-9-21/h3-13,16,22,34-35H,2,14-15,17-19H2,1H3. The third kappa shape index (κ3) is 5.20. The number of nitrogens with zero attached hydrogens (tertiary/aromatic N) is 4. The van der Waals surface area contributed by atoms with Gasteiger partial charge in [-0.2, -0.15) is 0 Å². The van der Waals surface area contributed by atoms with Crippen molar-refractivity contribution < 1.29 is 19.7 Å². The van der Waals surface area contributed by atoms with Crippen LogP contribution in [0.3, 0.4) is 0 Å². The third-order valence-corrected chi connectivity index (χ3v) is 6.72. The number of aliphatic hydroxyl groups is 1. The topological polar surface area (TPSA) is 99.0 Å². The number of benzene rings is 3. The molecular weight excluding hydrogens is 468 g/mol. The van der Waals surface area contributed by atoms with Crippen molar-refractivity contribution in [2.45, 2.75) is 26.0 Å². The summed E-state index contributed by atoms with van der Waals surface area (Å²) in [5.41, 5.74) is 3.37. The van der Waals surface area contributed by atoms with Gasteiger partial charge in [-0.3, -0.25) is 0 Å². The van der Waals surface area contributed by atoms with Gasteiger partial charge < -0.3 is 24.7 Å². The Morgan fingerprint density at radius 3 is 2.54 bits per heavy atom. The lowest BCUT2D eigenvalue weighted by atomic mass is 10.1. The van der Waals surface area contributed by atoms with Crippen molar-refractivity contribution in [3.05, 3.63) is 83.9 Å². The normalized spacial score (nSPS) is 15.7. The Morgan fingerprint density at radius 2 is 1.78 bits per heavy atom. The highest BCUT2D eigenvalue weighted by molar-refractivity contribution is 5.92. The van der Waals surface area contributed by atoms with Gasteiger partial charge in [0.2, 0.25) is 0 Å². The molecule has 0 radical (unpaired) electrons. The van der Waals surface area contributed by atoms with Crippen LogP contribution in [-0.2, 0) is 17.8 Å². The number of amides is 1. The molecule has 1 aliphatic rings. The van der Waals surface area contributed by atoms with E-state index in [1.807, 2.05) is 53.4 Å². The predicted octanol–water partition coefficient (Wildman–Crippen LogP) is 4.38. The first-order valence-corrected chi connectivity index (χ1v) is 12.5. The maximum Gasteiger partial charge on any atom is 0.410 e. The van der Waals surface area contributed by atoms with E-state index >= 15 is 0 Å². The van der Waals surface area contributed by atoms with Crippen LogP contribution in [0.1, 0.15) is 18.1 Å². The molecule has 0 aliphatic carbocycles. The Bertz CT molecular complexity index is 1400. The zero-order chi connectivity index (χ0) is 25.8. The predicted molar refractivity (Wildman–Crippen MR) is 142 cm³/mol. The number of carbonyl (C=O) groups is 1. The first-order valence-electron chi connectivity index (χ1n) is 12.5. The second-order valence-corrected chi connectivity index (χ2v) is 9.11. The van der Waals surface area contributed by atoms with Gasteiger partial charge in [0.15, 0.2) is 5.82 Å². The van der Waals surface area contributed by atoms with E-state index in [1.54, 1.807) is 23.1 Å². The molecule has 37 heavy (non-hydrogen) atoms. The Hall–Kier alpha value is -4.17. The quantitative estimate of drug-likeness (QED) is 0.407. The fraction of sp³-hybridized carbons (Fsp3) is 0.276. The van der Waals surface area contributed by atoms with Crippen molar-refractivity contribution in [1.82, 2.24) is 14.9 Å². The molecule has 2 N–H and O–H groups in total. The molecule has 1 fully saturated rings. The lowest BCUT2D eigenvalue weighted by Crippen LogP contribution is -2.56. The van der Waals surface area contributed by atoms with Crippen LogP contribution in [0.25, 0.3) is 22.3 Å². The van der Waals surface area contributed by atoms with Gasteiger partial charge in [0.05, 0.1) is 23.7 Å². The lowest BCUT2D eigenvalue weighted by Gasteiger charge is -2.41. The van der Waals surface area contributed by atoms with E-state index < -0.39 is 6.09 Å². The van der Waals surface area contributed by atoms with E-state index in [2.05, 4.69) is 13.0 Å². The van der Waals surface area contributed by atoms with Crippen LogP contribution in [-0.4, -0.2) is 63.5 Å². The van der Waals surface area contributed by atoms with Gasteiger partial charge in [-0.05, 0) is 41.8 Å². The van der Waals surface area contributed by atoms with Gasteiger partial charge in [-0.1, -0.05) is 55.5 Å². The molecule has 1 aliphatic heterocycles. The second-order valence-electron chi connectivity index (χ2n) is 9.11. The number of piperazine rings is 1. The fourth-order valence-corrected chi connectivity index (χ4v) is 4.65. The largest absolute Gasteiger partial charge is 0.507 e. The Balaban J connectivity index is 1.44. The molecule has 1 saturated heterocycles. The summed E-state index contributed by atoms with van der Waals surface area (Å²) in [7, 11) is 0. The minimum Gasteiger partial charge on any atom is -0.507 e. The summed E-state index contributed by atoms with van der Waals surface area (Å²) in [6, 6.07) is 22.3. The Labute approximate surface area is 215 Å². The van der Waals surface area contributed by atoms with Gasteiger partial charge in [0.1, 0.15) is 18.2 Å². The van der Waals surface area contributed by atoms with Crippen molar-refractivity contribution in [2.75, 3.05) is 31.1 Å². The molecule has 4 aromatic rings. The number of phenolic OH excluding ortho intramolecular Hbond substituents is 1. The number of carbonyl (C=O) groups excluding carboxylic acids is 1. The Morgan fingerprint density at radius 1 is 1.00 bits per heavy atom. The van der Waals surface area contributed by atoms with Crippen molar-refractivity contribution in [3.8, 4) is 17.1 Å². The number of hydrogen-bond acceptors (Lipinski definition) is 7. The fourth-order valence-electron chi connectivity index (χ4n) is 4.65. The maximum absolute atomic E-state index is 12.8. The average molecular weight is 499 g/mol. The molecule has 1 amide bonds. The molecule has 8 nitrogen and oxygen atoms in total. The van der Waals surface area contributed by atoms with Gasteiger partial charge in [0.25, 0.3) is 0 Å². The van der Waals surface area contributed by atoms with E-state index in [0.29, 0.717) is 36.8 Å². The SMILES string of the molecule is CCc1ccc2c(N3CCN(C(=O)OCc4ccccc4)CC3CO)nc(-c3ccccc3O)nc2c1. The number of rotatable bonds is 6. The summed E-state index contributed by atoms with van der Waals surface area (Å²) in [4.78, 5) is 26.1. The molecule has 5 rings (SSSR count). The minimum atomic E-state index is -0.406. The smallest absolute Gasteiger partial charge is 0.410 e. The van der Waals surface area contributed by atoms with Crippen molar-refractivity contribution in [1.29, 1.82) is 0 Å². The summed E-state index contributed by atoms with van der Waals surface area (Å²) in [6.07, 6.45) is 0.460. The average Bonchev–Trinajstić information content (AvgIpc) is 2.95. The zero-order valence-corrected chi connectivity index (χ0v) is 20.7. The number of aromatic hydroxyl groups is 1. The third-order valence-electron chi connectivity index (χ3n) is 6.72. The van der Waals surface area contributed by atoms with Gasteiger partial charge in [-0.15, -0.1) is 0 Å². The van der Waals surface area contributed by atoms with Crippen LogP contribution in [0.15, 0.2) is 72.8 Å². The highest BCUT2D eigenvalue weighted by atomic mass is 16.6. The van der Waals surface area contributed by atoms with Crippen LogP contribution in [0.4, 0.5) is 10.6 Å². The summed E-state index contributed by atoms with van der Waals surface area (Å²) in [5.74, 6) is 1.18. The van der Waals surface area contributed by atoms with E-state index in [1.165, 1.54) is 0 Å². The summed E-state index contributed by atoms with van der Waals surface area (Å²) in [5, 5.41) is 21.6. The van der Waals surface area contributed by atoms with Crippen molar-refractivity contribution in [3.63, 3.8) is 0 Å². The molecule has 1 unspecified atom stereocenters. The zero-order valence-electron chi connectivity index (χ0n) is 20.7. The highest BCUT2D eigenvalue weighted by Gasteiger charge is 2.32. The molecular formula is C29H30N4O4. The first-order chi connectivity index (χ1) is 18.1. The summed E-state index contributed by atoms with van der Waals surface area (Å²) in [6.45, 7) is 3.32. The van der Waals surface area contributed by atoms with Crippen molar-refractivity contribution >= 4 is 22.8 Å². The number of anilines is 1. The number of aliphatic hydroxyl groups excluding tert-OH is 1. The molecule has 1 aromatic heterocycles. The number of hydrogen-bond donors (Lipinski definition) is 2. The summed E-state index contributed by atoms with van der Waals surface area (Å²) >= 11 is 0. The number of aromatic nitrogens is 2. The monoisotopic (exact) mass is 498 g/mol. The molecule has 0 spiro atoms. The maximum atomic E-state index is 12.8. The lowest BCUT2D eigenvalue weighted by molar-refractivity contribution is 0.0836. The molecule has 0 saturated carbocycles. The van der Waals surface area contributed by atoms with Gasteiger partial charge in [0, 0.05) is 25.0 Å².